The Bertz CT molecular complexity index is 707. The zero-order valence-electron chi connectivity index (χ0n) is 17.8. The first kappa shape index (κ1) is 24.9. The number of hydrogen-bond acceptors (Lipinski definition) is 7. The van der Waals surface area contributed by atoms with Gasteiger partial charge in [0, 0.05) is 6.42 Å². The molecule has 30 heavy (non-hydrogen) atoms. The zero-order valence-corrected chi connectivity index (χ0v) is 17.8. The molecule has 0 heterocycles. The Morgan fingerprint density at radius 3 is 2.17 bits per heavy atom. The molecule has 1 rings (SSSR count). The fourth-order valence-electron chi connectivity index (χ4n) is 2.64. The zero-order chi connectivity index (χ0) is 22.5. The predicted molar refractivity (Wildman–Crippen MR) is 108 cm³/mol. The van der Waals surface area contributed by atoms with E-state index < -0.39 is 36.0 Å². The first-order valence-electron chi connectivity index (χ1n) is 9.69. The molecule has 1 aromatic carbocycles. The molecule has 0 saturated heterocycles. The molecule has 0 fully saturated rings. The SMILES string of the molecule is COC(=O)CC[C@@H](NC(=O)OCc1ccccc1)C(=O)N[C@@H](CC(C)C)C(=O)OC. The summed E-state index contributed by atoms with van der Waals surface area (Å²) in [4.78, 5) is 48.4. The molecule has 2 amide bonds. The minimum absolute atomic E-state index is 0.0193. The van der Waals surface area contributed by atoms with Crippen LogP contribution in [0.15, 0.2) is 30.3 Å². The van der Waals surface area contributed by atoms with Gasteiger partial charge in [0.2, 0.25) is 5.91 Å². The van der Waals surface area contributed by atoms with E-state index in [0.29, 0.717) is 6.42 Å². The average molecular weight is 422 g/mol. The Labute approximate surface area is 176 Å². The highest BCUT2D eigenvalue weighted by Gasteiger charge is 2.28. The van der Waals surface area contributed by atoms with Gasteiger partial charge in [-0.25, -0.2) is 9.59 Å². The number of nitrogens with one attached hydrogen (secondary N) is 2. The van der Waals surface area contributed by atoms with Crippen molar-refractivity contribution in [2.24, 2.45) is 5.92 Å². The second kappa shape index (κ2) is 13.2. The first-order valence-corrected chi connectivity index (χ1v) is 9.69. The third-order valence-corrected chi connectivity index (χ3v) is 4.20. The molecule has 9 heteroatoms. The number of ether oxygens (including phenoxy) is 3. The van der Waals surface area contributed by atoms with Crippen molar-refractivity contribution < 1.29 is 33.4 Å². The number of methoxy groups -OCH3 is 2. The molecule has 2 N–H and O–H groups in total. The van der Waals surface area contributed by atoms with Gasteiger partial charge in [-0.1, -0.05) is 44.2 Å². The second-order valence-electron chi connectivity index (χ2n) is 7.09. The summed E-state index contributed by atoms with van der Waals surface area (Å²) in [7, 11) is 2.46. The van der Waals surface area contributed by atoms with Crippen molar-refractivity contribution in [1.29, 1.82) is 0 Å². The molecule has 0 aliphatic heterocycles. The van der Waals surface area contributed by atoms with Crippen LogP contribution >= 0.6 is 0 Å². The number of amides is 2. The summed E-state index contributed by atoms with van der Waals surface area (Å²) in [5, 5.41) is 5.03. The summed E-state index contributed by atoms with van der Waals surface area (Å²) in [6, 6.07) is 7.09. The molecule has 0 aromatic heterocycles. The molecular weight excluding hydrogens is 392 g/mol. The molecule has 0 aliphatic carbocycles. The van der Waals surface area contributed by atoms with Crippen molar-refractivity contribution in [2.75, 3.05) is 14.2 Å². The lowest BCUT2D eigenvalue weighted by Gasteiger charge is -2.23. The Kier molecular flexibility index (Phi) is 11.0. The van der Waals surface area contributed by atoms with Crippen molar-refractivity contribution in [2.45, 2.75) is 51.8 Å². The molecule has 0 saturated carbocycles. The summed E-state index contributed by atoms with van der Waals surface area (Å²) in [5.41, 5.74) is 0.783. The number of hydrogen-bond donors (Lipinski definition) is 2. The molecule has 0 bridgehead atoms. The normalized spacial score (nSPS) is 12.4. The summed E-state index contributed by atoms with van der Waals surface area (Å²) in [6.07, 6.45) is -0.572. The predicted octanol–water partition coefficient (Wildman–Crippen LogP) is 1.94. The Hall–Kier alpha value is -3.10. The minimum atomic E-state index is -1.09. The topological polar surface area (TPSA) is 120 Å². The molecule has 0 radical (unpaired) electrons. The molecule has 0 aliphatic rings. The highest BCUT2D eigenvalue weighted by Crippen LogP contribution is 2.09. The van der Waals surface area contributed by atoms with Crippen LogP contribution in [0.25, 0.3) is 0 Å². The first-order chi connectivity index (χ1) is 14.3. The van der Waals surface area contributed by atoms with E-state index >= 15 is 0 Å². The van der Waals surface area contributed by atoms with Crippen molar-refractivity contribution >= 4 is 23.9 Å². The van der Waals surface area contributed by atoms with E-state index in [1.54, 1.807) is 12.1 Å². The third kappa shape index (κ3) is 9.40. The molecular formula is C21H30N2O7. The molecule has 2 atom stereocenters. The molecule has 166 valence electrons. The van der Waals surface area contributed by atoms with Crippen LogP contribution in [0.5, 0.6) is 0 Å². The quantitative estimate of drug-likeness (QED) is 0.413. The van der Waals surface area contributed by atoms with E-state index in [9.17, 15) is 19.2 Å². The molecule has 9 nitrogen and oxygen atoms in total. The van der Waals surface area contributed by atoms with E-state index in [0.717, 1.165) is 5.56 Å². The van der Waals surface area contributed by atoms with Gasteiger partial charge in [0.15, 0.2) is 0 Å². The van der Waals surface area contributed by atoms with Crippen molar-refractivity contribution in [3.05, 3.63) is 35.9 Å². The largest absolute Gasteiger partial charge is 0.469 e. The lowest BCUT2D eigenvalue weighted by Crippen LogP contribution is -2.52. The number of carbonyl (C=O) groups excluding carboxylic acids is 4. The Morgan fingerprint density at radius 2 is 1.60 bits per heavy atom. The third-order valence-electron chi connectivity index (χ3n) is 4.20. The highest BCUT2D eigenvalue weighted by atomic mass is 16.5. The van der Waals surface area contributed by atoms with Crippen molar-refractivity contribution in [3.63, 3.8) is 0 Å². The standard InChI is InChI=1S/C21H30N2O7/c1-14(2)12-17(20(26)29-4)22-19(25)16(10-11-18(24)28-3)23-21(27)30-13-15-8-6-5-7-9-15/h5-9,14,16-17H,10-13H2,1-4H3,(H,22,25)(H,23,27)/t16-,17+/m1/s1. The number of esters is 2. The monoisotopic (exact) mass is 422 g/mol. The highest BCUT2D eigenvalue weighted by molar-refractivity contribution is 5.90. The maximum atomic E-state index is 12.7. The molecule has 0 spiro atoms. The van der Waals surface area contributed by atoms with E-state index in [1.807, 2.05) is 32.0 Å². The van der Waals surface area contributed by atoms with Gasteiger partial charge in [0.25, 0.3) is 0 Å². The molecule has 0 unspecified atom stereocenters. The van der Waals surface area contributed by atoms with Crippen molar-refractivity contribution in [3.8, 4) is 0 Å². The number of benzene rings is 1. The maximum Gasteiger partial charge on any atom is 0.408 e. The van der Waals surface area contributed by atoms with Gasteiger partial charge in [-0.3, -0.25) is 9.59 Å². The smallest absolute Gasteiger partial charge is 0.408 e. The van der Waals surface area contributed by atoms with Gasteiger partial charge < -0.3 is 24.8 Å². The van der Waals surface area contributed by atoms with Crippen molar-refractivity contribution in [1.82, 2.24) is 10.6 Å². The minimum Gasteiger partial charge on any atom is -0.469 e. The van der Waals surface area contributed by atoms with E-state index in [-0.39, 0.29) is 25.4 Å². The van der Waals surface area contributed by atoms with Gasteiger partial charge in [0.1, 0.15) is 18.7 Å². The fourth-order valence-corrected chi connectivity index (χ4v) is 2.64. The van der Waals surface area contributed by atoms with E-state index in [4.69, 9.17) is 9.47 Å². The Morgan fingerprint density at radius 1 is 0.933 bits per heavy atom. The Balaban J connectivity index is 2.78. The van der Waals surface area contributed by atoms with Crippen LogP contribution < -0.4 is 10.6 Å². The fraction of sp³-hybridized carbons (Fsp3) is 0.524. The number of carbonyl (C=O) groups is 4. The van der Waals surface area contributed by atoms with Crippen LogP contribution in [-0.4, -0.2) is 50.2 Å². The lowest BCUT2D eigenvalue weighted by atomic mass is 10.0. The number of alkyl carbamates (subject to hydrolysis) is 1. The van der Waals surface area contributed by atoms with E-state index in [2.05, 4.69) is 15.4 Å². The van der Waals surface area contributed by atoms with E-state index in [1.165, 1.54) is 14.2 Å². The maximum absolute atomic E-state index is 12.7. The van der Waals surface area contributed by atoms with Crippen LogP contribution in [0, 0.1) is 5.92 Å². The summed E-state index contributed by atoms with van der Waals surface area (Å²) < 4.78 is 14.5. The van der Waals surface area contributed by atoms with Gasteiger partial charge in [-0.15, -0.1) is 0 Å². The van der Waals surface area contributed by atoms with Crippen LogP contribution in [-0.2, 0) is 35.2 Å². The summed E-state index contributed by atoms with van der Waals surface area (Å²) in [6.45, 7) is 3.82. The van der Waals surface area contributed by atoms with Gasteiger partial charge >= 0.3 is 18.0 Å². The van der Waals surface area contributed by atoms with Gasteiger partial charge in [-0.2, -0.15) is 0 Å². The van der Waals surface area contributed by atoms with Crippen LogP contribution in [0.2, 0.25) is 0 Å². The summed E-state index contributed by atoms with van der Waals surface area (Å²) in [5.74, 6) is -1.62. The molecule has 1 aromatic rings. The summed E-state index contributed by atoms with van der Waals surface area (Å²) >= 11 is 0. The average Bonchev–Trinajstić information content (AvgIpc) is 2.74. The van der Waals surface area contributed by atoms with Gasteiger partial charge in [-0.05, 0) is 24.3 Å². The van der Waals surface area contributed by atoms with Crippen LogP contribution in [0.3, 0.4) is 0 Å². The number of rotatable bonds is 11. The van der Waals surface area contributed by atoms with Crippen LogP contribution in [0.4, 0.5) is 4.79 Å². The second-order valence-corrected chi connectivity index (χ2v) is 7.09. The van der Waals surface area contributed by atoms with Gasteiger partial charge in [0.05, 0.1) is 14.2 Å². The van der Waals surface area contributed by atoms with Crippen LogP contribution in [0.1, 0.15) is 38.7 Å². The lowest BCUT2D eigenvalue weighted by molar-refractivity contribution is -0.146.